The molecular weight excluding hydrogens is 466 g/mol. The van der Waals surface area contributed by atoms with Crippen molar-refractivity contribution in [1.29, 1.82) is 0 Å². The number of piperidine rings is 1. The van der Waals surface area contributed by atoms with Crippen molar-refractivity contribution >= 4 is 39.2 Å². The Hall–Kier alpha value is -2.46. The number of morpholine rings is 1. The monoisotopic (exact) mass is 491 g/mol. The lowest BCUT2D eigenvalue weighted by Crippen LogP contribution is -2.48. The van der Waals surface area contributed by atoms with E-state index in [1.165, 1.54) is 28.6 Å². The predicted molar refractivity (Wildman–Crippen MR) is 125 cm³/mol. The smallest absolute Gasteiger partial charge is 0.331 e. The Kier molecular flexibility index (Phi) is 7.33. The highest BCUT2D eigenvalue weighted by atomic mass is 35.5. The first-order valence-corrected chi connectivity index (χ1v) is 12.8. The van der Waals surface area contributed by atoms with Crippen molar-refractivity contribution < 1.29 is 22.7 Å². The number of carbonyl (C=O) groups is 2. The predicted octanol–water partition coefficient (Wildman–Crippen LogP) is 3.61. The zero-order valence-corrected chi connectivity index (χ0v) is 19.7. The van der Waals surface area contributed by atoms with E-state index in [-0.39, 0.29) is 23.5 Å². The number of likely N-dealkylation sites (tertiary alicyclic amines) is 1. The molecule has 0 N–H and O–H groups in total. The Balaban J connectivity index is 1.62. The number of rotatable bonds is 4. The second-order valence-electron chi connectivity index (χ2n) is 7.99. The lowest BCUT2D eigenvalue weighted by atomic mass is 10.1. The fraction of sp³-hybridized carbons (Fsp3) is 0.391. The highest BCUT2D eigenvalue weighted by molar-refractivity contribution is 7.89. The third kappa shape index (κ3) is 5.22. The summed E-state index contributed by atoms with van der Waals surface area (Å²) in [4.78, 5) is 29.7. The zero-order chi connectivity index (χ0) is 23.4. The summed E-state index contributed by atoms with van der Waals surface area (Å²) in [5.74, 6) is -0.539. The molecule has 8 nitrogen and oxygen atoms in total. The molecule has 2 aliphatic rings. The molecule has 3 amide bonds. The van der Waals surface area contributed by atoms with E-state index in [4.69, 9.17) is 16.3 Å². The van der Waals surface area contributed by atoms with Gasteiger partial charge in [0.2, 0.25) is 10.0 Å². The van der Waals surface area contributed by atoms with Gasteiger partial charge in [0.25, 0.3) is 5.91 Å². The maximum Gasteiger partial charge on any atom is 0.331 e. The number of hydrogen-bond acceptors (Lipinski definition) is 5. The van der Waals surface area contributed by atoms with Gasteiger partial charge in [-0.3, -0.25) is 4.79 Å². The molecule has 0 radical (unpaired) electrons. The molecule has 0 spiro atoms. The molecule has 0 bridgehead atoms. The molecule has 0 saturated carbocycles. The van der Waals surface area contributed by atoms with Crippen molar-refractivity contribution in [1.82, 2.24) is 9.21 Å². The minimum atomic E-state index is -3.68. The largest absolute Gasteiger partial charge is 0.379 e. The van der Waals surface area contributed by atoms with Crippen LogP contribution in [0.3, 0.4) is 0 Å². The van der Waals surface area contributed by atoms with Crippen LogP contribution in [0.25, 0.3) is 0 Å². The van der Waals surface area contributed by atoms with Crippen LogP contribution < -0.4 is 4.90 Å². The van der Waals surface area contributed by atoms with Crippen LogP contribution in [0.15, 0.2) is 53.4 Å². The molecule has 2 fully saturated rings. The highest BCUT2D eigenvalue weighted by Crippen LogP contribution is 2.25. The van der Waals surface area contributed by atoms with Crippen molar-refractivity contribution in [2.24, 2.45) is 0 Å². The molecule has 0 atom stereocenters. The molecule has 2 aromatic rings. The molecule has 0 aromatic heterocycles. The van der Waals surface area contributed by atoms with Gasteiger partial charge in [-0.25, -0.2) is 18.1 Å². The van der Waals surface area contributed by atoms with E-state index in [1.807, 2.05) is 0 Å². The van der Waals surface area contributed by atoms with Gasteiger partial charge in [-0.15, -0.1) is 0 Å². The van der Waals surface area contributed by atoms with Gasteiger partial charge in [-0.2, -0.15) is 4.31 Å². The zero-order valence-electron chi connectivity index (χ0n) is 18.2. The number of ether oxygens (including phenoxy) is 1. The normalized spacial score (nSPS) is 17.5. The van der Waals surface area contributed by atoms with Gasteiger partial charge in [-0.05, 0) is 61.7 Å². The van der Waals surface area contributed by atoms with E-state index in [0.717, 1.165) is 24.2 Å². The summed E-state index contributed by atoms with van der Waals surface area (Å²) in [7, 11) is -3.68. The van der Waals surface area contributed by atoms with E-state index < -0.39 is 22.0 Å². The van der Waals surface area contributed by atoms with Crippen molar-refractivity contribution in [3.05, 3.63) is 59.1 Å². The van der Waals surface area contributed by atoms with E-state index in [9.17, 15) is 18.0 Å². The van der Waals surface area contributed by atoms with Crippen molar-refractivity contribution in [2.45, 2.75) is 24.2 Å². The lowest BCUT2D eigenvalue weighted by molar-refractivity contribution is 0.0730. The fourth-order valence-corrected chi connectivity index (χ4v) is 5.58. The van der Waals surface area contributed by atoms with Gasteiger partial charge >= 0.3 is 6.03 Å². The summed E-state index contributed by atoms with van der Waals surface area (Å²) >= 11 is 6.13. The molecule has 0 aliphatic carbocycles. The van der Waals surface area contributed by atoms with Gasteiger partial charge in [0.05, 0.1) is 23.8 Å². The molecule has 2 saturated heterocycles. The molecule has 2 aromatic carbocycles. The number of anilines is 1. The molecule has 4 rings (SSSR count). The summed E-state index contributed by atoms with van der Waals surface area (Å²) in [6.07, 6.45) is 2.82. The Morgan fingerprint density at radius 1 is 0.909 bits per heavy atom. The summed E-state index contributed by atoms with van der Waals surface area (Å²) in [5, 5.41) is 0.406. The summed E-state index contributed by atoms with van der Waals surface area (Å²) in [6, 6.07) is 11.9. The number of benzene rings is 2. The van der Waals surface area contributed by atoms with Crippen LogP contribution in [0.1, 0.15) is 29.6 Å². The molecule has 0 unspecified atom stereocenters. The summed E-state index contributed by atoms with van der Waals surface area (Å²) < 4.78 is 32.3. The third-order valence-corrected chi connectivity index (χ3v) is 7.94. The Bertz CT molecular complexity index is 1110. The number of nitrogens with zero attached hydrogens (tertiary/aromatic N) is 3. The van der Waals surface area contributed by atoms with Gasteiger partial charge < -0.3 is 9.64 Å². The number of halogens is 1. The van der Waals surface area contributed by atoms with E-state index >= 15 is 0 Å². The van der Waals surface area contributed by atoms with Gasteiger partial charge in [0.1, 0.15) is 0 Å². The van der Waals surface area contributed by atoms with Crippen LogP contribution in [0, 0.1) is 0 Å². The van der Waals surface area contributed by atoms with Crippen molar-refractivity contribution in [3.8, 4) is 0 Å². The van der Waals surface area contributed by atoms with Crippen molar-refractivity contribution in [3.63, 3.8) is 0 Å². The van der Waals surface area contributed by atoms with E-state index in [2.05, 4.69) is 0 Å². The fourth-order valence-electron chi connectivity index (χ4n) is 3.99. The van der Waals surface area contributed by atoms with Crippen LogP contribution in [-0.4, -0.2) is 69.0 Å². The lowest BCUT2D eigenvalue weighted by Gasteiger charge is -2.32. The highest BCUT2D eigenvalue weighted by Gasteiger charge is 2.31. The molecular formula is C23H26ClN3O5S. The quantitative estimate of drug-likeness (QED) is 0.652. The number of urea groups is 1. The maximum atomic E-state index is 13.5. The number of imide groups is 1. The Morgan fingerprint density at radius 2 is 1.58 bits per heavy atom. The van der Waals surface area contributed by atoms with Crippen molar-refractivity contribution in [2.75, 3.05) is 44.3 Å². The average molecular weight is 492 g/mol. The molecule has 2 heterocycles. The van der Waals surface area contributed by atoms with Gasteiger partial charge in [0, 0.05) is 36.8 Å². The second-order valence-corrected chi connectivity index (χ2v) is 10.4. The van der Waals surface area contributed by atoms with Crippen LogP contribution >= 0.6 is 11.6 Å². The molecule has 176 valence electrons. The first-order valence-electron chi connectivity index (χ1n) is 10.9. The maximum absolute atomic E-state index is 13.5. The average Bonchev–Trinajstić information content (AvgIpc) is 2.85. The van der Waals surface area contributed by atoms with Crippen LogP contribution in [-0.2, 0) is 14.8 Å². The van der Waals surface area contributed by atoms with E-state index in [1.54, 1.807) is 29.2 Å². The molecule has 33 heavy (non-hydrogen) atoms. The number of sulfonamides is 1. The standard InChI is InChI=1S/C23H26ClN3O5S/c24-19-5-4-6-20(17-19)27(23(29)25-11-2-1-3-12-25)22(28)18-7-9-21(10-8-18)33(30,31)26-13-15-32-16-14-26/h4-10,17H,1-3,11-16H2. The minimum Gasteiger partial charge on any atom is -0.379 e. The SMILES string of the molecule is O=C(c1ccc(S(=O)(=O)N2CCOCC2)cc1)N(C(=O)N1CCCCC1)c1cccc(Cl)c1. The second kappa shape index (κ2) is 10.2. The van der Waals surface area contributed by atoms with Gasteiger partial charge in [-0.1, -0.05) is 17.7 Å². The first-order chi connectivity index (χ1) is 15.9. The Labute approximate surface area is 198 Å². The topological polar surface area (TPSA) is 87.2 Å². The van der Waals surface area contributed by atoms with E-state index in [0.29, 0.717) is 37.0 Å². The third-order valence-electron chi connectivity index (χ3n) is 5.80. The molecule has 10 heteroatoms. The van der Waals surface area contributed by atoms with Crippen LogP contribution in [0.5, 0.6) is 0 Å². The summed E-state index contributed by atoms with van der Waals surface area (Å²) in [5.41, 5.74) is 0.578. The van der Waals surface area contributed by atoms with Gasteiger partial charge in [0.15, 0.2) is 0 Å². The minimum absolute atomic E-state index is 0.0950. The number of amides is 3. The molecule has 2 aliphatic heterocycles. The summed E-state index contributed by atoms with van der Waals surface area (Å²) in [6.45, 7) is 2.44. The van der Waals surface area contributed by atoms with Crippen LogP contribution in [0.4, 0.5) is 10.5 Å². The first kappa shape index (κ1) is 23.7. The van der Waals surface area contributed by atoms with Crippen LogP contribution in [0.2, 0.25) is 5.02 Å². The number of hydrogen-bond donors (Lipinski definition) is 0. The Morgan fingerprint density at radius 3 is 2.21 bits per heavy atom. The number of carbonyl (C=O) groups excluding carboxylic acids is 2.